The van der Waals surface area contributed by atoms with E-state index in [4.69, 9.17) is 31.1 Å². The van der Waals surface area contributed by atoms with Gasteiger partial charge in [0.25, 0.3) is 5.91 Å². The summed E-state index contributed by atoms with van der Waals surface area (Å²) in [6.07, 6.45) is 7.28. The number of rotatable bonds is 12. The fourth-order valence-corrected chi connectivity index (χ4v) is 8.26. The molecule has 16 nitrogen and oxygen atoms in total. The van der Waals surface area contributed by atoms with Crippen LogP contribution in [0.1, 0.15) is 43.3 Å². The quantitative estimate of drug-likeness (QED) is 0.0714. The van der Waals surface area contributed by atoms with E-state index in [9.17, 15) is 9.59 Å². The predicted octanol–water partition coefficient (Wildman–Crippen LogP) is 7.12. The SMILES string of the molecule is C=CC(=O)N[C@H]1C[C@@H](n2nc(-c3ccc(Oc4cccc(CC#CC(=O)N[C@H]5C[C@@H](n6nc(-c7ccc(Oc8ccccc8)cc7)c7c(N)ncnc76)C5)c4)cc3)c3c(N)ncnc32)C1. The minimum absolute atomic E-state index is 0.0103. The van der Waals surface area contributed by atoms with Crippen molar-refractivity contribution in [1.29, 1.82) is 0 Å². The van der Waals surface area contributed by atoms with Gasteiger partial charge in [-0.05, 0) is 116 Å². The van der Waals surface area contributed by atoms with E-state index in [2.05, 4.69) is 49.0 Å². The largest absolute Gasteiger partial charge is 0.457 e. The number of hydrogen-bond acceptors (Lipinski definition) is 12. The summed E-state index contributed by atoms with van der Waals surface area (Å²) in [6, 6.07) is 32.5. The lowest BCUT2D eigenvalue weighted by atomic mass is 9.87. The third kappa shape index (κ3) is 8.37. The summed E-state index contributed by atoms with van der Waals surface area (Å²) in [7, 11) is 0. The summed E-state index contributed by atoms with van der Waals surface area (Å²) >= 11 is 0. The molecule has 4 aromatic heterocycles. The van der Waals surface area contributed by atoms with Gasteiger partial charge < -0.3 is 31.6 Å². The molecule has 65 heavy (non-hydrogen) atoms. The smallest absolute Gasteiger partial charge is 0.296 e. The van der Waals surface area contributed by atoms with Crippen molar-refractivity contribution in [1.82, 2.24) is 50.1 Å². The highest BCUT2D eigenvalue weighted by molar-refractivity contribution is 5.99. The van der Waals surface area contributed by atoms with Gasteiger partial charge in [0.15, 0.2) is 11.3 Å². The van der Waals surface area contributed by atoms with Crippen molar-refractivity contribution in [2.45, 2.75) is 56.3 Å². The second-order valence-corrected chi connectivity index (χ2v) is 16.0. The van der Waals surface area contributed by atoms with Crippen LogP contribution >= 0.6 is 0 Å². The third-order valence-electron chi connectivity index (χ3n) is 11.7. The van der Waals surface area contributed by atoms with Gasteiger partial charge in [0.2, 0.25) is 5.91 Å². The summed E-state index contributed by atoms with van der Waals surface area (Å²) in [5, 5.41) is 17.2. The van der Waals surface area contributed by atoms with E-state index in [1.165, 1.54) is 18.7 Å². The van der Waals surface area contributed by atoms with Crippen molar-refractivity contribution in [3.8, 4) is 57.4 Å². The lowest BCUT2D eigenvalue weighted by Gasteiger charge is -2.35. The molecule has 2 saturated carbocycles. The van der Waals surface area contributed by atoms with Gasteiger partial charge >= 0.3 is 0 Å². The highest BCUT2D eigenvalue weighted by atomic mass is 16.5. The summed E-state index contributed by atoms with van der Waals surface area (Å²) in [4.78, 5) is 42.2. The molecule has 2 amide bonds. The van der Waals surface area contributed by atoms with Gasteiger partial charge in [-0.25, -0.2) is 29.3 Å². The number of nitrogens with zero attached hydrogens (tertiary/aromatic N) is 8. The molecule has 6 N–H and O–H groups in total. The first-order chi connectivity index (χ1) is 31.8. The number of aromatic nitrogens is 8. The average molecular weight is 863 g/mol. The average Bonchev–Trinajstić information content (AvgIpc) is 3.87. The lowest BCUT2D eigenvalue weighted by molar-refractivity contribution is -0.118. The number of amides is 2. The number of nitrogens with one attached hydrogen (secondary N) is 2. The van der Waals surface area contributed by atoms with Crippen LogP contribution in [0.5, 0.6) is 23.0 Å². The monoisotopic (exact) mass is 862 g/mol. The summed E-state index contributed by atoms with van der Waals surface area (Å²) in [5.74, 6) is 8.62. The number of anilines is 2. The highest BCUT2D eigenvalue weighted by Crippen LogP contribution is 2.40. The molecule has 10 rings (SSSR count). The van der Waals surface area contributed by atoms with Gasteiger partial charge in [-0.2, -0.15) is 10.2 Å². The predicted molar refractivity (Wildman–Crippen MR) is 245 cm³/mol. The van der Waals surface area contributed by atoms with Crippen LogP contribution in [0.25, 0.3) is 44.6 Å². The molecule has 8 aromatic rings. The molecule has 0 bridgehead atoms. The Labute approximate surface area is 372 Å². The number of para-hydroxylation sites is 1. The van der Waals surface area contributed by atoms with Crippen LogP contribution in [0.2, 0.25) is 0 Å². The Morgan fingerprint density at radius 3 is 1.72 bits per heavy atom. The first kappa shape index (κ1) is 40.5. The van der Waals surface area contributed by atoms with Crippen molar-refractivity contribution in [2.75, 3.05) is 11.5 Å². The number of nitrogen functional groups attached to an aromatic ring is 2. The van der Waals surface area contributed by atoms with E-state index >= 15 is 0 Å². The fraction of sp³-hybridized carbons (Fsp3) is 0.184. The Balaban J connectivity index is 0.741. The number of fused-ring (bicyclic) bond motifs is 2. The molecule has 0 unspecified atom stereocenters. The van der Waals surface area contributed by atoms with E-state index in [0.717, 1.165) is 35.3 Å². The zero-order valence-electron chi connectivity index (χ0n) is 35.0. The molecule has 4 aromatic carbocycles. The first-order valence-corrected chi connectivity index (χ1v) is 21.2. The van der Waals surface area contributed by atoms with Crippen molar-refractivity contribution in [2.24, 2.45) is 0 Å². The molecule has 4 heterocycles. The van der Waals surface area contributed by atoms with Crippen molar-refractivity contribution < 1.29 is 19.1 Å². The molecule has 0 aliphatic heterocycles. The van der Waals surface area contributed by atoms with Crippen LogP contribution in [-0.2, 0) is 16.0 Å². The Morgan fingerprint density at radius 1 is 0.662 bits per heavy atom. The van der Waals surface area contributed by atoms with Gasteiger partial charge in [-0.15, -0.1) is 0 Å². The fourth-order valence-electron chi connectivity index (χ4n) is 8.26. The van der Waals surface area contributed by atoms with Gasteiger partial charge in [0.05, 0.1) is 22.9 Å². The van der Waals surface area contributed by atoms with Crippen LogP contribution in [0, 0.1) is 11.8 Å². The highest BCUT2D eigenvalue weighted by Gasteiger charge is 2.36. The molecular formula is C49H42N12O4. The van der Waals surface area contributed by atoms with Crippen LogP contribution in [0.15, 0.2) is 128 Å². The van der Waals surface area contributed by atoms with Crippen LogP contribution in [-0.4, -0.2) is 63.4 Å². The summed E-state index contributed by atoms with van der Waals surface area (Å²) in [5.41, 5.74) is 17.9. The Bertz CT molecular complexity index is 3140. The molecule has 2 aliphatic carbocycles. The molecule has 0 radical (unpaired) electrons. The van der Waals surface area contributed by atoms with E-state index in [0.29, 0.717) is 81.6 Å². The molecule has 322 valence electrons. The topological polar surface area (TPSA) is 216 Å². The number of carbonyl (C=O) groups excluding carboxylic acids is 2. The van der Waals surface area contributed by atoms with E-state index in [1.54, 1.807) is 0 Å². The minimum Gasteiger partial charge on any atom is -0.457 e. The summed E-state index contributed by atoms with van der Waals surface area (Å²) in [6.45, 7) is 3.53. The van der Waals surface area contributed by atoms with Crippen LogP contribution in [0.3, 0.4) is 0 Å². The molecule has 2 fully saturated rings. The number of carbonyl (C=O) groups is 2. The van der Waals surface area contributed by atoms with E-state index < -0.39 is 0 Å². The van der Waals surface area contributed by atoms with Crippen molar-refractivity contribution in [3.05, 3.63) is 134 Å². The Kier molecular flexibility index (Phi) is 10.8. The molecule has 0 atom stereocenters. The van der Waals surface area contributed by atoms with Gasteiger partial charge in [0.1, 0.15) is 58.7 Å². The van der Waals surface area contributed by atoms with Crippen LogP contribution in [0.4, 0.5) is 11.6 Å². The summed E-state index contributed by atoms with van der Waals surface area (Å²) < 4.78 is 15.9. The zero-order valence-corrected chi connectivity index (χ0v) is 35.0. The molecule has 0 spiro atoms. The zero-order chi connectivity index (χ0) is 44.4. The molecule has 0 saturated heterocycles. The molecule has 16 heteroatoms. The second-order valence-electron chi connectivity index (χ2n) is 16.0. The number of hydrogen-bond donors (Lipinski definition) is 4. The maximum absolute atomic E-state index is 12.9. The molecular weight excluding hydrogens is 821 g/mol. The van der Waals surface area contributed by atoms with Crippen molar-refractivity contribution >= 4 is 45.5 Å². The maximum atomic E-state index is 12.9. The Hall–Kier alpha value is -8.58. The minimum atomic E-state index is -0.337. The number of ether oxygens (including phenoxy) is 2. The van der Waals surface area contributed by atoms with E-state index in [-0.39, 0.29) is 36.0 Å². The maximum Gasteiger partial charge on any atom is 0.296 e. The van der Waals surface area contributed by atoms with Gasteiger partial charge in [-0.1, -0.05) is 42.8 Å². The number of benzene rings is 4. The lowest BCUT2D eigenvalue weighted by Crippen LogP contribution is -2.44. The standard InChI is InChI=1S/C49H42N12O4/c1-2-40(62)56-32-23-34(24-32)60-48-43(47(51)52-27-54-48)45(58-60)31-16-20-38(21-17-31)65-39-12-6-8-29(22-39)9-7-13-41(63)57-33-25-35(26-33)61-49-42(46(50)53-28-55-49)44(59-61)30-14-18-37(19-15-30)64-36-10-4-3-5-11-36/h2-6,8,10-12,14-22,27-28,32-35H,1,9,23-26H2,(H,56,62)(H,57,63)(H2,50,53,55)(H2,51,52,54)/t32-,33-,34+,35+. The van der Waals surface area contributed by atoms with Gasteiger partial charge in [-0.3, -0.25) is 9.59 Å². The van der Waals surface area contributed by atoms with Gasteiger partial charge in [0, 0.05) is 29.6 Å². The first-order valence-electron chi connectivity index (χ1n) is 21.2. The van der Waals surface area contributed by atoms with Crippen molar-refractivity contribution in [3.63, 3.8) is 0 Å². The Morgan fingerprint density at radius 2 is 1.17 bits per heavy atom. The second kappa shape index (κ2) is 17.3. The third-order valence-corrected chi connectivity index (χ3v) is 11.7. The number of nitrogens with two attached hydrogens (primary N) is 2. The normalized spacial score (nSPS) is 17.5. The van der Waals surface area contributed by atoms with E-state index in [1.807, 2.05) is 112 Å². The van der Waals surface area contributed by atoms with Crippen LogP contribution < -0.4 is 31.6 Å². The molecule has 2 aliphatic rings.